The first kappa shape index (κ1) is 19.8. The van der Waals surface area contributed by atoms with Gasteiger partial charge >= 0.3 is 0 Å². The molecule has 2 unspecified atom stereocenters. The van der Waals surface area contributed by atoms with Crippen molar-refractivity contribution in [2.24, 2.45) is 4.99 Å². The summed E-state index contributed by atoms with van der Waals surface area (Å²) in [6, 6.07) is 0.266. The summed E-state index contributed by atoms with van der Waals surface area (Å²) in [6.07, 6.45) is 2.66. The van der Waals surface area contributed by atoms with E-state index in [1.807, 2.05) is 11.8 Å². The maximum atomic E-state index is 11.2. The van der Waals surface area contributed by atoms with Crippen molar-refractivity contribution in [3.63, 3.8) is 0 Å². The van der Waals surface area contributed by atoms with Crippen molar-refractivity contribution >= 4 is 47.6 Å². The Bertz CT molecular complexity index is 389. The van der Waals surface area contributed by atoms with Gasteiger partial charge in [-0.25, -0.2) is 0 Å². The van der Waals surface area contributed by atoms with Crippen LogP contribution < -0.4 is 16.0 Å². The lowest BCUT2D eigenvalue weighted by Crippen LogP contribution is -2.57. The highest BCUT2D eigenvalue weighted by Crippen LogP contribution is 2.31. The molecule has 2 heterocycles. The van der Waals surface area contributed by atoms with Gasteiger partial charge in [-0.05, 0) is 32.7 Å². The van der Waals surface area contributed by atoms with E-state index in [1.165, 1.54) is 12.2 Å². The fourth-order valence-electron chi connectivity index (χ4n) is 2.74. The number of amides is 1. The quantitative estimate of drug-likeness (QED) is 0.337. The number of thioether (sulfide) groups is 1. The maximum Gasteiger partial charge on any atom is 0.220 e. The van der Waals surface area contributed by atoms with Crippen molar-refractivity contribution in [1.82, 2.24) is 20.9 Å². The van der Waals surface area contributed by atoms with Crippen LogP contribution in [0.15, 0.2) is 4.99 Å². The highest BCUT2D eigenvalue weighted by Gasteiger charge is 2.36. The van der Waals surface area contributed by atoms with Crippen LogP contribution in [0.3, 0.4) is 0 Å². The summed E-state index contributed by atoms with van der Waals surface area (Å²) in [7, 11) is 6.10. The lowest BCUT2D eigenvalue weighted by molar-refractivity contribution is -0.122. The average Bonchev–Trinajstić information content (AvgIpc) is 2.96. The molecule has 3 N–H and O–H groups in total. The zero-order valence-corrected chi connectivity index (χ0v) is 16.8. The number of likely N-dealkylation sites (N-methyl/N-ethyl adjacent to an activating group) is 1. The molecule has 2 fully saturated rings. The monoisotopic (exact) mass is 441 g/mol. The van der Waals surface area contributed by atoms with Gasteiger partial charge in [-0.15, -0.1) is 24.0 Å². The molecule has 2 atom stereocenters. The van der Waals surface area contributed by atoms with Crippen LogP contribution in [0.4, 0.5) is 0 Å². The molecule has 2 rings (SSSR count). The molecule has 0 aromatic heterocycles. The summed E-state index contributed by atoms with van der Waals surface area (Å²) in [6.45, 7) is 1.57. The molecule has 2 aliphatic rings. The van der Waals surface area contributed by atoms with E-state index in [0.717, 1.165) is 24.7 Å². The van der Waals surface area contributed by atoms with Gasteiger partial charge in [-0.2, -0.15) is 11.8 Å². The van der Waals surface area contributed by atoms with Gasteiger partial charge < -0.3 is 20.9 Å². The third-order valence-electron chi connectivity index (χ3n) is 4.45. The maximum absolute atomic E-state index is 11.2. The normalized spacial score (nSPS) is 29.0. The van der Waals surface area contributed by atoms with E-state index in [1.54, 1.807) is 7.05 Å². The molecular weight excluding hydrogens is 413 g/mol. The second-order valence-electron chi connectivity index (χ2n) is 6.03. The summed E-state index contributed by atoms with van der Waals surface area (Å²) in [4.78, 5) is 17.8. The van der Waals surface area contributed by atoms with Gasteiger partial charge in [-0.3, -0.25) is 9.79 Å². The van der Waals surface area contributed by atoms with Gasteiger partial charge in [-0.1, -0.05) is 0 Å². The van der Waals surface area contributed by atoms with Gasteiger partial charge in [0.25, 0.3) is 0 Å². The van der Waals surface area contributed by atoms with Gasteiger partial charge in [0.15, 0.2) is 5.96 Å². The Balaban J connectivity index is 0.00000242. The Morgan fingerprint density at radius 1 is 1.55 bits per heavy atom. The number of carbonyl (C=O) groups excluding carboxylic acids is 1. The first-order valence-corrected chi connectivity index (χ1v) is 8.70. The number of nitrogens with zero attached hydrogens (tertiary/aromatic N) is 2. The van der Waals surface area contributed by atoms with Gasteiger partial charge in [0.2, 0.25) is 5.91 Å². The third-order valence-corrected chi connectivity index (χ3v) is 5.68. The van der Waals surface area contributed by atoms with Crippen LogP contribution in [-0.2, 0) is 4.79 Å². The molecule has 2 aliphatic heterocycles. The van der Waals surface area contributed by atoms with Crippen LogP contribution in [0.1, 0.15) is 19.3 Å². The Kier molecular flexibility index (Phi) is 8.26. The predicted molar refractivity (Wildman–Crippen MR) is 104 cm³/mol. The summed E-state index contributed by atoms with van der Waals surface area (Å²) >= 11 is 2.02. The number of carbonyl (C=O) groups is 1. The van der Waals surface area contributed by atoms with Gasteiger partial charge in [0.05, 0.1) is 0 Å². The van der Waals surface area contributed by atoms with Crippen LogP contribution in [0.2, 0.25) is 0 Å². The minimum Gasteiger partial charge on any atom is -0.355 e. The van der Waals surface area contributed by atoms with E-state index in [2.05, 4.69) is 39.9 Å². The minimum absolute atomic E-state index is 0. The SMILES string of the molecule is CN=C(NCC1(N(C)C)CCSC1)NC1CCC(=O)NC1.I. The molecule has 1 amide bonds. The fraction of sp³-hybridized carbons (Fsp3) is 0.857. The third kappa shape index (κ3) is 5.16. The number of hydrogen-bond acceptors (Lipinski definition) is 4. The number of guanidine groups is 1. The van der Waals surface area contributed by atoms with E-state index in [-0.39, 0.29) is 41.5 Å². The number of piperidine rings is 1. The smallest absolute Gasteiger partial charge is 0.220 e. The summed E-state index contributed by atoms with van der Waals surface area (Å²) in [5.74, 6) is 3.35. The standard InChI is InChI=1S/C14H27N5OS.HI/c1-15-13(18-11-4-5-12(20)16-8-11)17-9-14(19(2)3)6-7-21-10-14;/h11H,4-10H2,1-3H3,(H,16,20)(H2,15,17,18);1H. The van der Waals surface area contributed by atoms with Gasteiger partial charge in [0.1, 0.15) is 0 Å². The molecule has 6 nitrogen and oxygen atoms in total. The molecule has 0 aromatic carbocycles. The summed E-state index contributed by atoms with van der Waals surface area (Å²) < 4.78 is 0. The number of rotatable bonds is 4. The van der Waals surface area contributed by atoms with E-state index >= 15 is 0 Å². The van der Waals surface area contributed by atoms with Crippen molar-refractivity contribution < 1.29 is 4.79 Å². The molecule has 8 heteroatoms. The van der Waals surface area contributed by atoms with Crippen LogP contribution in [-0.4, -0.2) is 74.1 Å². The van der Waals surface area contributed by atoms with E-state index in [0.29, 0.717) is 13.0 Å². The van der Waals surface area contributed by atoms with Crippen molar-refractivity contribution in [1.29, 1.82) is 0 Å². The molecule has 22 heavy (non-hydrogen) atoms. The molecule has 2 saturated heterocycles. The van der Waals surface area contributed by atoms with E-state index in [9.17, 15) is 4.79 Å². The summed E-state index contributed by atoms with van der Waals surface area (Å²) in [5.41, 5.74) is 0.211. The van der Waals surface area contributed by atoms with E-state index in [4.69, 9.17) is 0 Å². The van der Waals surface area contributed by atoms with Crippen LogP contribution in [0, 0.1) is 0 Å². The van der Waals surface area contributed by atoms with E-state index < -0.39 is 0 Å². The lowest BCUT2D eigenvalue weighted by Gasteiger charge is -2.36. The second kappa shape index (κ2) is 9.17. The first-order valence-electron chi connectivity index (χ1n) is 7.55. The molecular formula is C14H28IN5OS. The van der Waals surface area contributed by atoms with Crippen molar-refractivity contribution in [2.75, 3.05) is 45.7 Å². The highest BCUT2D eigenvalue weighted by molar-refractivity contribution is 14.0. The Labute approximate surface area is 154 Å². The Morgan fingerprint density at radius 2 is 2.32 bits per heavy atom. The first-order chi connectivity index (χ1) is 10.1. The van der Waals surface area contributed by atoms with Crippen LogP contribution >= 0.6 is 35.7 Å². The molecule has 128 valence electrons. The summed E-state index contributed by atoms with van der Waals surface area (Å²) in [5, 5.41) is 9.76. The number of halogens is 1. The van der Waals surface area contributed by atoms with Crippen LogP contribution in [0.5, 0.6) is 0 Å². The number of hydrogen-bond donors (Lipinski definition) is 3. The fourth-order valence-corrected chi connectivity index (χ4v) is 4.29. The predicted octanol–water partition coefficient (Wildman–Crippen LogP) is 0.485. The zero-order chi connectivity index (χ0) is 15.3. The molecule has 0 radical (unpaired) electrons. The molecule has 0 spiro atoms. The van der Waals surface area contributed by atoms with Gasteiger partial charge in [0, 0.05) is 43.9 Å². The largest absolute Gasteiger partial charge is 0.355 e. The molecule has 0 aliphatic carbocycles. The highest BCUT2D eigenvalue weighted by atomic mass is 127. The topological polar surface area (TPSA) is 68.8 Å². The molecule has 0 aromatic rings. The average molecular weight is 441 g/mol. The van der Waals surface area contributed by atoms with Crippen LogP contribution in [0.25, 0.3) is 0 Å². The number of aliphatic imine (C=N–C) groups is 1. The number of nitrogens with one attached hydrogen (secondary N) is 3. The Morgan fingerprint density at radius 3 is 2.82 bits per heavy atom. The van der Waals surface area contributed by atoms with Crippen molar-refractivity contribution in [2.45, 2.75) is 30.8 Å². The van der Waals surface area contributed by atoms with Crippen molar-refractivity contribution in [3.05, 3.63) is 0 Å². The molecule has 0 saturated carbocycles. The second-order valence-corrected chi connectivity index (χ2v) is 7.14. The Hall–Kier alpha value is -0.220. The minimum atomic E-state index is 0. The molecule has 0 bridgehead atoms. The zero-order valence-electron chi connectivity index (χ0n) is 13.6. The van der Waals surface area contributed by atoms with Crippen molar-refractivity contribution in [3.8, 4) is 0 Å². The lowest BCUT2D eigenvalue weighted by atomic mass is 9.97.